The molecule has 0 bridgehead atoms. The highest BCUT2D eigenvalue weighted by Gasteiger charge is 2.22. The summed E-state index contributed by atoms with van der Waals surface area (Å²) in [5.74, 6) is 1.72. The molecule has 2 aromatic carbocycles. The van der Waals surface area contributed by atoms with Crippen LogP contribution in [0.25, 0.3) is 0 Å². The lowest BCUT2D eigenvalue weighted by Crippen LogP contribution is -2.41. The van der Waals surface area contributed by atoms with E-state index in [0.717, 1.165) is 49.4 Å². The molecule has 152 valence electrons. The third-order valence-electron chi connectivity index (χ3n) is 5.20. The van der Waals surface area contributed by atoms with Gasteiger partial charge in [-0.3, -0.25) is 4.79 Å². The van der Waals surface area contributed by atoms with Gasteiger partial charge in [0, 0.05) is 13.1 Å². The number of amides is 1. The van der Waals surface area contributed by atoms with Gasteiger partial charge in [0.15, 0.2) is 0 Å². The van der Waals surface area contributed by atoms with Gasteiger partial charge >= 0.3 is 0 Å². The number of piperidine rings is 1. The maximum atomic E-state index is 12.6. The number of nitrogens with one attached hydrogen (secondary N) is 1. The van der Waals surface area contributed by atoms with Crippen molar-refractivity contribution in [3.8, 4) is 5.75 Å². The van der Waals surface area contributed by atoms with Crippen molar-refractivity contribution in [2.45, 2.75) is 32.8 Å². The fourth-order valence-electron chi connectivity index (χ4n) is 3.68. The minimum atomic E-state index is 0. The van der Waals surface area contributed by atoms with Crippen molar-refractivity contribution in [3.63, 3.8) is 0 Å². The van der Waals surface area contributed by atoms with Crippen molar-refractivity contribution in [3.05, 3.63) is 65.2 Å². The summed E-state index contributed by atoms with van der Waals surface area (Å²) in [5, 5.41) is 3.24. The number of nitrogens with zero attached hydrogens (tertiary/aromatic N) is 1. The van der Waals surface area contributed by atoms with Gasteiger partial charge < -0.3 is 15.0 Å². The monoisotopic (exact) mass is 402 g/mol. The normalized spacial score (nSPS) is 14.4. The molecule has 1 aliphatic rings. The Hall–Kier alpha value is -2.04. The molecule has 0 aliphatic carbocycles. The quantitative estimate of drug-likeness (QED) is 0.761. The van der Waals surface area contributed by atoms with Crippen molar-refractivity contribution in [2.75, 3.05) is 26.7 Å². The summed E-state index contributed by atoms with van der Waals surface area (Å²) >= 11 is 0. The Morgan fingerprint density at radius 3 is 2.54 bits per heavy atom. The number of carbonyl (C=O) groups excluding carboxylic acids is 1. The molecule has 1 saturated heterocycles. The van der Waals surface area contributed by atoms with Crippen LogP contribution >= 0.6 is 12.4 Å². The minimum absolute atomic E-state index is 0. The summed E-state index contributed by atoms with van der Waals surface area (Å²) in [6, 6.07) is 16.2. The largest absolute Gasteiger partial charge is 0.489 e. The minimum Gasteiger partial charge on any atom is -0.489 e. The fourth-order valence-corrected chi connectivity index (χ4v) is 3.68. The third kappa shape index (κ3) is 6.54. The Morgan fingerprint density at radius 1 is 1.11 bits per heavy atom. The Bertz CT molecular complexity index is 758. The lowest BCUT2D eigenvalue weighted by atomic mass is 9.96. The van der Waals surface area contributed by atoms with Crippen molar-refractivity contribution in [2.24, 2.45) is 5.92 Å². The number of rotatable bonds is 7. The zero-order valence-corrected chi connectivity index (χ0v) is 17.6. The topological polar surface area (TPSA) is 41.6 Å². The highest BCUT2D eigenvalue weighted by molar-refractivity contribution is 5.85. The maximum absolute atomic E-state index is 12.6. The van der Waals surface area contributed by atoms with E-state index in [1.165, 1.54) is 5.56 Å². The molecule has 0 aromatic heterocycles. The second kappa shape index (κ2) is 11.1. The van der Waals surface area contributed by atoms with E-state index in [4.69, 9.17) is 4.74 Å². The zero-order chi connectivity index (χ0) is 19.1. The third-order valence-corrected chi connectivity index (χ3v) is 5.20. The summed E-state index contributed by atoms with van der Waals surface area (Å²) in [4.78, 5) is 14.6. The predicted octanol–water partition coefficient (Wildman–Crippen LogP) is 4.00. The molecule has 1 fully saturated rings. The predicted molar refractivity (Wildman–Crippen MR) is 116 cm³/mol. The van der Waals surface area contributed by atoms with Gasteiger partial charge in [-0.1, -0.05) is 42.0 Å². The Labute approximate surface area is 174 Å². The smallest absolute Gasteiger partial charge is 0.226 e. The molecule has 0 spiro atoms. The van der Waals surface area contributed by atoms with Crippen LogP contribution in [0.3, 0.4) is 0 Å². The number of aryl methyl sites for hydroxylation is 1. The van der Waals surface area contributed by atoms with Crippen molar-refractivity contribution in [1.29, 1.82) is 0 Å². The van der Waals surface area contributed by atoms with Crippen LogP contribution in [0.1, 0.15) is 29.5 Å². The van der Waals surface area contributed by atoms with E-state index in [2.05, 4.69) is 30.4 Å². The molecular weight excluding hydrogens is 372 g/mol. The number of ether oxygens (including phenoxy) is 1. The summed E-state index contributed by atoms with van der Waals surface area (Å²) in [5.41, 5.74) is 3.40. The zero-order valence-electron chi connectivity index (χ0n) is 16.8. The number of hydrogen-bond donors (Lipinski definition) is 1. The first-order valence-corrected chi connectivity index (χ1v) is 9.83. The van der Waals surface area contributed by atoms with Crippen molar-refractivity contribution < 1.29 is 9.53 Å². The number of hydrogen-bond acceptors (Lipinski definition) is 3. The number of likely N-dealkylation sites (tertiary alicyclic amines) is 1. The van der Waals surface area contributed by atoms with Crippen molar-refractivity contribution in [1.82, 2.24) is 10.2 Å². The van der Waals surface area contributed by atoms with Crippen molar-refractivity contribution >= 4 is 18.3 Å². The van der Waals surface area contributed by atoms with E-state index < -0.39 is 0 Å². The second-order valence-electron chi connectivity index (χ2n) is 7.48. The van der Waals surface area contributed by atoms with Crippen LogP contribution in [0, 0.1) is 12.8 Å². The molecule has 5 heteroatoms. The fraction of sp³-hybridized carbons (Fsp3) is 0.435. The van der Waals surface area contributed by atoms with E-state index in [-0.39, 0.29) is 18.3 Å². The molecule has 0 atom stereocenters. The molecule has 1 N–H and O–H groups in total. The molecule has 4 nitrogen and oxygen atoms in total. The van der Waals surface area contributed by atoms with Crippen LogP contribution in [0.4, 0.5) is 0 Å². The SMILES string of the molecule is CNCC1CCN(C(=O)Cc2cccc(OCc3cccc(C)c3)c2)CC1.Cl. The second-order valence-corrected chi connectivity index (χ2v) is 7.48. The molecule has 1 heterocycles. The van der Waals surface area contributed by atoms with Gasteiger partial charge in [0.1, 0.15) is 12.4 Å². The van der Waals surface area contributed by atoms with Crippen LogP contribution in [0.5, 0.6) is 5.75 Å². The van der Waals surface area contributed by atoms with Gasteiger partial charge in [-0.05, 0) is 62.5 Å². The maximum Gasteiger partial charge on any atom is 0.226 e. The summed E-state index contributed by atoms with van der Waals surface area (Å²) in [6.07, 6.45) is 2.62. The first kappa shape index (κ1) is 22.3. The van der Waals surface area contributed by atoms with E-state index >= 15 is 0 Å². The van der Waals surface area contributed by atoms with Crippen LogP contribution in [0.2, 0.25) is 0 Å². The van der Waals surface area contributed by atoms with Crippen LogP contribution in [0.15, 0.2) is 48.5 Å². The molecule has 3 rings (SSSR count). The van der Waals surface area contributed by atoms with E-state index in [0.29, 0.717) is 18.9 Å². The molecule has 0 saturated carbocycles. The molecule has 0 radical (unpaired) electrons. The molecule has 1 aliphatic heterocycles. The molecule has 1 amide bonds. The highest BCUT2D eigenvalue weighted by atomic mass is 35.5. The lowest BCUT2D eigenvalue weighted by molar-refractivity contribution is -0.131. The van der Waals surface area contributed by atoms with Gasteiger partial charge in [-0.15, -0.1) is 12.4 Å². The van der Waals surface area contributed by atoms with E-state index in [9.17, 15) is 4.79 Å². The lowest BCUT2D eigenvalue weighted by Gasteiger charge is -2.32. The molecular formula is C23H31ClN2O2. The molecule has 0 unspecified atom stereocenters. The van der Waals surface area contributed by atoms with Crippen LogP contribution in [-0.2, 0) is 17.8 Å². The highest BCUT2D eigenvalue weighted by Crippen LogP contribution is 2.19. The summed E-state index contributed by atoms with van der Waals surface area (Å²) in [7, 11) is 1.99. The van der Waals surface area contributed by atoms with E-state index in [1.807, 2.05) is 42.3 Å². The number of halogens is 1. The standard InChI is InChI=1S/C23H30N2O2.ClH/c1-18-5-3-7-21(13-18)17-27-22-8-4-6-20(14-22)15-23(26)25-11-9-19(10-12-25)16-24-2;/h3-8,13-14,19,24H,9-12,15-17H2,1-2H3;1H. The van der Waals surface area contributed by atoms with Crippen LogP contribution in [-0.4, -0.2) is 37.5 Å². The Balaban J connectivity index is 0.00000280. The molecule has 2 aromatic rings. The summed E-state index contributed by atoms with van der Waals surface area (Å²) < 4.78 is 5.92. The first-order chi connectivity index (χ1) is 13.1. The number of carbonyl (C=O) groups is 1. The van der Waals surface area contributed by atoms with Gasteiger partial charge in [-0.25, -0.2) is 0 Å². The summed E-state index contributed by atoms with van der Waals surface area (Å²) in [6.45, 7) is 5.40. The van der Waals surface area contributed by atoms with Gasteiger partial charge in [0.05, 0.1) is 6.42 Å². The van der Waals surface area contributed by atoms with Gasteiger partial charge in [-0.2, -0.15) is 0 Å². The molecule has 28 heavy (non-hydrogen) atoms. The van der Waals surface area contributed by atoms with Crippen LogP contribution < -0.4 is 10.1 Å². The Kier molecular flexibility index (Phi) is 8.81. The van der Waals surface area contributed by atoms with E-state index in [1.54, 1.807) is 0 Å². The average Bonchev–Trinajstić information content (AvgIpc) is 2.68. The Morgan fingerprint density at radius 2 is 1.82 bits per heavy atom. The van der Waals surface area contributed by atoms with Gasteiger partial charge in [0.25, 0.3) is 0 Å². The average molecular weight is 403 g/mol. The van der Waals surface area contributed by atoms with Gasteiger partial charge in [0.2, 0.25) is 5.91 Å². The first-order valence-electron chi connectivity index (χ1n) is 9.83. The number of benzene rings is 2.